The molecule has 2 heterocycles. The largest absolute Gasteiger partial charge is 0.472 e. The number of ether oxygens (including phenoxy) is 1. The van der Waals surface area contributed by atoms with Crippen molar-refractivity contribution >= 4 is 32.6 Å². The van der Waals surface area contributed by atoms with E-state index in [1.54, 1.807) is 6.07 Å². The van der Waals surface area contributed by atoms with Crippen molar-refractivity contribution in [2.75, 3.05) is 11.6 Å². The molecule has 30 heavy (non-hydrogen) atoms. The van der Waals surface area contributed by atoms with Crippen LogP contribution in [-0.4, -0.2) is 6.73 Å². The van der Waals surface area contributed by atoms with E-state index in [0.29, 0.717) is 12.3 Å². The molecule has 0 saturated heterocycles. The Bertz CT molecular complexity index is 1330. The van der Waals surface area contributed by atoms with Gasteiger partial charge in [0.2, 0.25) is 0 Å². The highest BCUT2D eigenvalue weighted by Gasteiger charge is 2.24. The molecule has 0 radical (unpaired) electrons. The van der Waals surface area contributed by atoms with Gasteiger partial charge in [-0.15, -0.1) is 0 Å². The lowest BCUT2D eigenvalue weighted by molar-refractivity contribution is 0.287. The predicted molar refractivity (Wildman–Crippen MR) is 123 cm³/mol. The van der Waals surface area contributed by atoms with Gasteiger partial charge in [0, 0.05) is 39.3 Å². The average Bonchev–Trinajstić information content (AvgIpc) is 2.74. The van der Waals surface area contributed by atoms with E-state index in [0.717, 1.165) is 50.1 Å². The predicted octanol–water partition coefficient (Wildman–Crippen LogP) is 6.20. The van der Waals surface area contributed by atoms with E-state index < -0.39 is 0 Å². The third-order valence-electron chi connectivity index (χ3n) is 5.60. The summed E-state index contributed by atoms with van der Waals surface area (Å²) in [4.78, 5) is 14.5. The summed E-state index contributed by atoms with van der Waals surface area (Å²) in [7, 11) is 0. The van der Waals surface area contributed by atoms with Gasteiger partial charge in [-0.1, -0.05) is 46.3 Å². The Kier molecular flexibility index (Phi) is 4.63. The summed E-state index contributed by atoms with van der Waals surface area (Å²) in [6, 6.07) is 19.9. The summed E-state index contributed by atoms with van der Waals surface area (Å²) in [6.07, 6.45) is 0. The van der Waals surface area contributed by atoms with Gasteiger partial charge in [0.05, 0.1) is 0 Å². The van der Waals surface area contributed by atoms with Crippen LogP contribution in [0.2, 0.25) is 0 Å². The monoisotopic (exact) mass is 461 g/mol. The van der Waals surface area contributed by atoms with Crippen LogP contribution < -0.4 is 15.3 Å². The van der Waals surface area contributed by atoms with E-state index in [9.17, 15) is 4.79 Å². The topological polar surface area (TPSA) is 42.7 Å². The number of hydrogen-bond acceptors (Lipinski definition) is 4. The molecule has 0 atom stereocenters. The first-order valence-corrected chi connectivity index (χ1v) is 10.6. The molecule has 0 saturated carbocycles. The average molecular weight is 462 g/mol. The van der Waals surface area contributed by atoms with Crippen LogP contribution in [-0.2, 0) is 6.54 Å². The first kappa shape index (κ1) is 18.9. The van der Waals surface area contributed by atoms with Gasteiger partial charge in [-0.25, -0.2) is 4.79 Å². The number of fused-ring (bicyclic) bond motifs is 2. The number of nitrogens with zero attached hydrogens (tertiary/aromatic N) is 1. The van der Waals surface area contributed by atoms with Crippen LogP contribution in [0.15, 0.2) is 74.3 Å². The standard InChI is InChI=1S/C25H20BrNO3/c1-15-10-19(26)8-9-22(15)27-13-18-11-21-20(17-6-4-3-5-7-17)12-23(28)30-25(21)16(2)24(18)29-14-27/h3-12H,13-14H2,1-2H3. The summed E-state index contributed by atoms with van der Waals surface area (Å²) in [6.45, 7) is 5.23. The summed E-state index contributed by atoms with van der Waals surface area (Å²) in [5.41, 5.74) is 6.39. The van der Waals surface area contributed by atoms with E-state index in [1.165, 1.54) is 5.56 Å². The molecule has 3 aromatic carbocycles. The quantitative estimate of drug-likeness (QED) is 0.333. The molecule has 4 nitrogen and oxygen atoms in total. The fourth-order valence-corrected chi connectivity index (χ4v) is 4.68. The number of benzene rings is 3. The smallest absolute Gasteiger partial charge is 0.336 e. The Morgan fingerprint density at radius 1 is 1.00 bits per heavy atom. The van der Waals surface area contributed by atoms with Crippen LogP contribution in [0.5, 0.6) is 5.75 Å². The molecular formula is C25H20BrNO3. The number of hydrogen-bond donors (Lipinski definition) is 0. The lowest BCUT2D eigenvalue weighted by Crippen LogP contribution is -2.32. The molecule has 1 aromatic heterocycles. The summed E-state index contributed by atoms with van der Waals surface area (Å²) in [5.74, 6) is 0.807. The molecule has 0 amide bonds. The molecule has 150 valence electrons. The SMILES string of the molecule is Cc1cc(Br)ccc1N1COc2c(cc3c(-c4ccccc4)cc(=O)oc3c2C)C1. The Hall–Kier alpha value is -3.05. The Morgan fingerprint density at radius 3 is 2.57 bits per heavy atom. The third kappa shape index (κ3) is 3.19. The van der Waals surface area contributed by atoms with Crippen molar-refractivity contribution in [3.05, 3.63) is 92.2 Å². The second-order valence-corrected chi connectivity index (χ2v) is 8.53. The molecule has 0 N–H and O–H groups in total. The Labute approximate surface area is 182 Å². The normalized spacial score (nSPS) is 13.2. The minimum atomic E-state index is -0.354. The van der Waals surface area contributed by atoms with Crippen LogP contribution in [0, 0.1) is 13.8 Å². The van der Waals surface area contributed by atoms with E-state index in [4.69, 9.17) is 9.15 Å². The highest BCUT2D eigenvalue weighted by atomic mass is 79.9. The molecule has 5 rings (SSSR count). The van der Waals surface area contributed by atoms with E-state index >= 15 is 0 Å². The van der Waals surface area contributed by atoms with E-state index in [1.807, 2.05) is 43.3 Å². The van der Waals surface area contributed by atoms with Crippen LogP contribution in [0.1, 0.15) is 16.7 Å². The number of anilines is 1. The number of aryl methyl sites for hydroxylation is 2. The number of rotatable bonds is 2. The van der Waals surface area contributed by atoms with Crippen molar-refractivity contribution in [3.63, 3.8) is 0 Å². The minimum absolute atomic E-state index is 0.354. The van der Waals surface area contributed by atoms with Crippen molar-refractivity contribution in [1.82, 2.24) is 0 Å². The van der Waals surface area contributed by atoms with Gasteiger partial charge in [0.25, 0.3) is 0 Å². The summed E-state index contributed by atoms with van der Waals surface area (Å²) < 4.78 is 12.8. The molecule has 0 aliphatic carbocycles. The van der Waals surface area contributed by atoms with Crippen LogP contribution >= 0.6 is 15.9 Å². The maximum absolute atomic E-state index is 12.3. The second kappa shape index (κ2) is 7.33. The van der Waals surface area contributed by atoms with Gasteiger partial charge in [-0.3, -0.25) is 0 Å². The van der Waals surface area contributed by atoms with E-state index in [2.05, 4.69) is 46.0 Å². The zero-order valence-corrected chi connectivity index (χ0v) is 18.3. The maximum atomic E-state index is 12.3. The van der Waals surface area contributed by atoms with Gasteiger partial charge >= 0.3 is 5.63 Å². The molecule has 0 bridgehead atoms. The first-order valence-electron chi connectivity index (χ1n) is 9.81. The number of halogens is 1. The third-order valence-corrected chi connectivity index (χ3v) is 6.09. The minimum Gasteiger partial charge on any atom is -0.472 e. The molecule has 0 unspecified atom stereocenters. The lowest BCUT2D eigenvalue weighted by Gasteiger charge is -2.33. The Balaban J connectivity index is 1.67. The summed E-state index contributed by atoms with van der Waals surface area (Å²) in [5, 5.41) is 0.926. The van der Waals surface area contributed by atoms with Gasteiger partial charge in [-0.05, 0) is 54.8 Å². The van der Waals surface area contributed by atoms with Crippen molar-refractivity contribution < 1.29 is 9.15 Å². The van der Waals surface area contributed by atoms with Gasteiger partial charge < -0.3 is 14.1 Å². The zero-order chi connectivity index (χ0) is 20.8. The molecular weight excluding hydrogens is 442 g/mol. The van der Waals surface area contributed by atoms with Crippen molar-refractivity contribution in [2.24, 2.45) is 0 Å². The van der Waals surface area contributed by atoms with Crippen molar-refractivity contribution in [3.8, 4) is 16.9 Å². The molecule has 0 spiro atoms. The fraction of sp³-hybridized carbons (Fsp3) is 0.160. The Morgan fingerprint density at radius 2 is 1.80 bits per heavy atom. The molecule has 4 aromatic rings. The van der Waals surface area contributed by atoms with Crippen LogP contribution in [0.25, 0.3) is 22.1 Å². The van der Waals surface area contributed by atoms with Gasteiger partial charge in [0.1, 0.15) is 11.3 Å². The molecule has 0 fully saturated rings. The van der Waals surface area contributed by atoms with Gasteiger partial charge in [-0.2, -0.15) is 0 Å². The van der Waals surface area contributed by atoms with Crippen LogP contribution in [0.3, 0.4) is 0 Å². The van der Waals surface area contributed by atoms with Crippen molar-refractivity contribution in [2.45, 2.75) is 20.4 Å². The zero-order valence-electron chi connectivity index (χ0n) is 16.7. The van der Waals surface area contributed by atoms with E-state index in [-0.39, 0.29) is 5.63 Å². The first-order chi connectivity index (χ1) is 14.5. The molecule has 1 aliphatic heterocycles. The highest BCUT2D eigenvalue weighted by Crippen LogP contribution is 2.39. The lowest BCUT2D eigenvalue weighted by atomic mass is 9.97. The summed E-state index contributed by atoms with van der Waals surface area (Å²) >= 11 is 3.53. The second-order valence-electron chi connectivity index (χ2n) is 7.61. The fourth-order valence-electron chi connectivity index (χ4n) is 4.21. The maximum Gasteiger partial charge on any atom is 0.336 e. The van der Waals surface area contributed by atoms with Gasteiger partial charge in [0.15, 0.2) is 6.73 Å². The highest BCUT2D eigenvalue weighted by molar-refractivity contribution is 9.10. The molecule has 5 heteroatoms. The van der Waals surface area contributed by atoms with Crippen LogP contribution in [0.4, 0.5) is 5.69 Å². The van der Waals surface area contributed by atoms with Crippen molar-refractivity contribution in [1.29, 1.82) is 0 Å². The molecule has 1 aliphatic rings.